The summed E-state index contributed by atoms with van der Waals surface area (Å²) in [5.41, 5.74) is 1.16. The van der Waals surface area contributed by atoms with Crippen LogP contribution in [0.4, 0.5) is 0 Å². The van der Waals surface area contributed by atoms with Crippen LogP contribution in [0.5, 0.6) is 0 Å². The standard InChI is InChI=1S/C7H20O5Si4/c1-5-13-7-14(6-2)11-16(9-4)12-15(8-3)10-13/h13-14H,5-7H2,1-4H3. The minimum absolute atomic E-state index is 1.11. The molecule has 2 radical (unpaired) electrons. The van der Waals surface area contributed by atoms with Crippen LogP contribution in [-0.4, -0.2) is 51.4 Å². The van der Waals surface area contributed by atoms with Crippen LogP contribution in [0.1, 0.15) is 13.8 Å². The number of hydrogen-bond acceptors (Lipinski definition) is 5. The predicted molar refractivity (Wildman–Crippen MR) is 68.8 cm³/mol. The Bertz CT molecular complexity index is 150. The lowest BCUT2D eigenvalue weighted by atomic mass is 11.0. The largest absolute Gasteiger partial charge is 0.558 e. The average Bonchev–Trinajstić information content (AvgIpc) is 2.29. The molecule has 1 heterocycles. The molecule has 2 unspecified atom stereocenters. The van der Waals surface area contributed by atoms with E-state index in [0.717, 1.165) is 17.8 Å². The molecule has 16 heavy (non-hydrogen) atoms. The summed E-state index contributed by atoms with van der Waals surface area (Å²) in [7, 11) is -2.34. The molecule has 0 aliphatic carbocycles. The van der Waals surface area contributed by atoms with Crippen molar-refractivity contribution in [3.63, 3.8) is 0 Å². The molecule has 0 aromatic carbocycles. The fraction of sp³-hybridized carbons (Fsp3) is 1.00. The Balaban J connectivity index is 2.61. The third kappa shape index (κ3) is 4.50. The van der Waals surface area contributed by atoms with E-state index in [1.807, 2.05) is 0 Å². The van der Waals surface area contributed by atoms with E-state index in [1.54, 1.807) is 14.2 Å². The summed E-state index contributed by atoms with van der Waals surface area (Å²) in [6.45, 7) is 4.36. The minimum atomic E-state index is -1.62. The molecule has 0 aromatic heterocycles. The van der Waals surface area contributed by atoms with Crippen molar-refractivity contribution in [1.82, 2.24) is 0 Å². The molecule has 1 saturated heterocycles. The van der Waals surface area contributed by atoms with E-state index in [1.165, 1.54) is 0 Å². The molecule has 1 aliphatic rings. The quantitative estimate of drug-likeness (QED) is 0.700. The van der Waals surface area contributed by atoms with Crippen molar-refractivity contribution in [2.75, 3.05) is 14.2 Å². The Hall–Kier alpha value is 0.668. The van der Waals surface area contributed by atoms with Gasteiger partial charge in [0.15, 0.2) is 18.1 Å². The third-order valence-electron chi connectivity index (χ3n) is 2.46. The van der Waals surface area contributed by atoms with Crippen LogP contribution >= 0.6 is 0 Å². The zero-order valence-electron chi connectivity index (χ0n) is 10.3. The molecule has 0 amide bonds. The molecule has 1 rings (SSSR count). The molecule has 0 bridgehead atoms. The first-order valence-corrected chi connectivity index (χ1v) is 12.2. The van der Waals surface area contributed by atoms with Crippen molar-refractivity contribution < 1.29 is 21.2 Å². The Morgan fingerprint density at radius 1 is 1.00 bits per heavy atom. The SMILES string of the molecule is CC[SiH]1C[SiH](CC)O[Si](OC)O[Si](OC)O1. The minimum Gasteiger partial charge on any atom is -0.417 e. The summed E-state index contributed by atoms with van der Waals surface area (Å²) < 4.78 is 28.0. The van der Waals surface area contributed by atoms with Crippen LogP contribution in [0.3, 0.4) is 0 Å². The molecular formula is C7H20O5Si4. The van der Waals surface area contributed by atoms with Gasteiger partial charge in [0.1, 0.15) is 0 Å². The molecule has 2 atom stereocenters. The molecule has 0 aromatic rings. The van der Waals surface area contributed by atoms with E-state index in [0.29, 0.717) is 0 Å². The Labute approximate surface area is 104 Å². The molecule has 9 heteroatoms. The molecule has 0 N–H and O–H groups in total. The van der Waals surface area contributed by atoms with Gasteiger partial charge in [0.2, 0.25) is 0 Å². The Morgan fingerprint density at radius 2 is 1.44 bits per heavy atom. The first-order valence-electron chi connectivity index (χ1n) is 5.56. The summed E-state index contributed by atoms with van der Waals surface area (Å²) in [6.07, 6.45) is 0. The summed E-state index contributed by atoms with van der Waals surface area (Å²) in [4.78, 5) is 0. The molecule has 0 spiro atoms. The van der Waals surface area contributed by atoms with Crippen LogP contribution in [-0.2, 0) is 21.2 Å². The molecule has 1 fully saturated rings. The van der Waals surface area contributed by atoms with Gasteiger partial charge < -0.3 is 21.2 Å². The van der Waals surface area contributed by atoms with Crippen LogP contribution in [0.2, 0.25) is 17.8 Å². The van der Waals surface area contributed by atoms with Crippen LogP contribution in [0.15, 0.2) is 0 Å². The van der Waals surface area contributed by atoms with Crippen molar-refractivity contribution in [1.29, 1.82) is 0 Å². The maximum atomic E-state index is 5.95. The number of rotatable bonds is 4. The summed E-state index contributed by atoms with van der Waals surface area (Å²) in [5, 5.41) is 0. The van der Waals surface area contributed by atoms with Gasteiger partial charge >= 0.3 is 19.1 Å². The van der Waals surface area contributed by atoms with Gasteiger partial charge in [-0.2, -0.15) is 0 Å². The molecular weight excluding hydrogens is 276 g/mol. The van der Waals surface area contributed by atoms with Gasteiger partial charge in [-0.1, -0.05) is 13.8 Å². The highest BCUT2D eigenvalue weighted by Gasteiger charge is 2.37. The van der Waals surface area contributed by atoms with E-state index < -0.39 is 37.1 Å². The van der Waals surface area contributed by atoms with Crippen molar-refractivity contribution >= 4 is 37.1 Å². The lowest BCUT2D eigenvalue weighted by molar-refractivity contribution is 0.176. The van der Waals surface area contributed by atoms with Gasteiger partial charge in [0.25, 0.3) is 0 Å². The molecule has 0 saturated carbocycles. The second-order valence-electron chi connectivity index (χ2n) is 3.54. The topological polar surface area (TPSA) is 46.2 Å². The van der Waals surface area contributed by atoms with E-state index in [4.69, 9.17) is 21.2 Å². The summed E-state index contributed by atoms with van der Waals surface area (Å²) in [6, 6.07) is 2.23. The second-order valence-corrected chi connectivity index (χ2v) is 14.1. The van der Waals surface area contributed by atoms with Crippen molar-refractivity contribution in [2.45, 2.75) is 31.6 Å². The van der Waals surface area contributed by atoms with Crippen LogP contribution < -0.4 is 0 Å². The first kappa shape index (κ1) is 14.7. The summed E-state index contributed by atoms with van der Waals surface area (Å²) in [5.74, 6) is 0. The van der Waals surface area contributed by atoms with E-state index in [2.05, 4.69) is 13.8 Å². The van der Waals surface area contributed by atoms with Gasteiger partial charge in [0, 0.05) is 14.2 Å². The van der Waals surface area contributed by atoms with Crippen molar-refractivity contribution in [3.8, 4) is 0 Å². The Kier molecular flexibility index (Phi) is 7.26. The first-order chi connectivity index (χ1) is 7.73. The van der Waals surface area contributed by atoms with E-state index >= 15 is 0 Å². The van der Waals surface area contributed by atoms with Gasteiger partial charge in [0.05, 0.1) is 0 Å². The van der Waals surface area contributed by atoms with Crippen LogP contribution in [0.25, 0.3) is 0 Å². The zero-order valence-corrected chi connectivity index (χ0v) is 14.6. The van der Waals surface area contributed by atoms with Crippen molar-refractivity contribution in [3.05, 3.63) is 0 Å². The maximum absolute atomic E-state index is 5.95. The average molecular weight is 297 g/mol. The normalized spacial score (nSPS) is 30.0. The van der Waals surface area contributed by atoms with Gasteiger partial charge in [-0.05, 0) is 17.8 Å². The van der Waals surface area contributed by atoms with Crippen molar-refractivity contribution in [2.24, 2.45) is 0 Å². The lowest BCUT2D eigenvalue weighted by Crippen LogP contribution is -2.48. The second kappa shape index (κ2) is 7.89. The zero-order chi connectivity index (χ0) is 12.0. The fourth-order valence-electron chi connectivity index (χ4n) is 1.46. The highest BCUT2D eigenvalue weighted by Crippen LogP contribution is 2.15. The smallest absolute Gasteiger partial charge is 0.417 e. The monoisotopic (exact) mass is 296 g/mol. The number of hydrogen-bond donors (Lipinski definition) is 0. The fourth-order valence-corrected chi connectivity index (χ4v) is 15.7. The lowest BCUT2D eigenvalue weighted by Gasteiger charge is -2.29. The van der Waals surface area contributed by atoms with Crippen LogP contribution in [0, 0.1) is 0 Å². The maximum Gasteiger partial charge on any atom is 0.558 e. The molecule has 5 nitrogen and oxygen atoms in total. The van der Waals surface area contributed by atoms with Gasteiger partial charge in [-0.15, -0.1) is 0 Å². The molecule has 94 valence electrons. The summed E-state index contributed by atoms with van der Waals surface area (Å²) >= 11 is 0. The van der Waals surface area contributed by atoms with Gasteiger partial charge in [-0.3, -0.25) is 0 Å². The predicted octanol–water partition coefficient (Wildman–Crippen LogP) is 0.339. The van der Waals surface area contributed by atoms with Gasteiger partial charge in [-0.25, -0.2) is 0 Å². The highest BCUT2D eigenvalue weighted by atomic mass is 28.5. The van der Waals surface area contributed by atoms with E-state index in [-0.39, 0.29) is 0 Å². The third-order valence-corrected chi connectivity index (χ3v) is 14.7. The van der Waals surface area contributed by atoms with E-state index in [9.17, 15) is 0 Å². The molecule has 1 aliphatic heterocycles. The Morgan fingerprint density at radius 3 is 1.75 bits per heavy atom. The highest BCUT2D eigenvalue weighted by molar-refractivity contribution is 6.78.